The van der Waals surface area contributed by atoms with Crippen molar-refractivity contribution in [1.29, 1.82) is 0 Å². The van der Waals surface area contributed by atoms with Gasteiger partial charge in [0.25, 0.3) is 0 Å². The highest BCUT2D eigenvalue weighted by molar-refractivity contribution is 5.79. The lowest BCUT2D eigenvalue weighted by Crippen LogP contribution is -2.42. The van der Waals surface area contributed by atoms with E-state index in [1.165, 1.54) is 37.8 Å². The highest BCUT2D eigenvalue weighted by atomic mass is 16.2. The number of nitrogens with zero attached hydrogens (tertiary/aromatic N) is 4. The Labute approximate surface area is 167 Å². The molecule has 1 saturated carbocycles. The zero-order chi connectivity index (χ0) is 19.5. The second-order valence-electron chi connectivity index (χ2n) is 8.61. The van der Waals surface area contributed by atoms with Crippen molar-refractivity contribution in [3.8, 4) is 0 Å². The first kappa shape index (κ1) is 19.4. The van der Waals surface area contributed by atoms with Gasteiger partial charge in [-0.15, -0.1) is 0 Å². The van der Waals surface area contributed by atoms with Crippen molar-refractivity contribution >= 4 is 11.8 Å². The van der Waals surface area contributed by atoms with Gasteiger partial charge in [-0.25, -0.2) is 0 Å². The van der Waals surface area contributed by atoms with Crippen LogP contribution in [0.3, 0.4) is 0 Å². The van der Waals surface area contributed by atoms with Crippen LogP contribution < -0.4 is 5.32 Å². The Hall–Kier alpha value is -1.89. The Morgan fingerprint density at radius 3 is 2.54 bits per heavy atom. The summed E-state index contributed by atoms with van der Waals surface area (Å²) in [4.78, 5) is 28.4. The SMILES string of the molecule is CC(=O)N1CCC(C(=O)NCc2cc3n(n2)CCN(C2CCCCC2)C3)CC1. The van der Waals surface area contributed by atoms with Crippen LogP contribution in [0.15, 0.2) is 6.07 Å². The average molecular weight is 388 g/mol. The molecule has 3 heterocycles. The first-order valence-corrected chi connectivity index (χ1v) is 10.9. The van der Waals surface area contributed by atoms with Crippen LogP contribution >= 0.6 is 0 Å². The minimum atomic E-state index is 0.00892. The maximum atomic E-state index is 12.5. The number of carbonyl (C=O) groups excluding carboxylic acids is 2. The molecule has 3 aliphatic rings. The molecule has 1 saturated heterocycles. The van der Waals surface area contributed by atoms with Crippen LogP contribution in [0.5, 0.6) is 0 Å². The number of nitrogens with one attached hydrogen (secondary N) is 1. The highest BCUT2D eigenvalue weighted by Crippen LogP contribution is 2.26. The molecular formula is C21H33N5O2. The van der Waals surface area contributed by atoms with Crippen molar-refractivity contribution in [3.63, 3.8) is 0 Å². The Kier molecular flexibility index (Phi) is 5.99. The van der Waals surface area contributed by atoms with Crippen molar-refractivity contribution in [1.82, 2.24) is 24.9 Å². The smallest absolute Gasteiger partial charge is 0.223 e. The van der Waals surface area contributed by atoms with Gasteiger partial charge >= 0.3 is 0 Å². The van der Waals surface area contributed by atoms with E-state index in [4.69, 9.17) is 5.10 Å². The molecule has 4 rings (SSSR count). The molecular weight excluding hydrogens is 354 g/mol. The molecule has 1 aromatic rings. The summed E-state index contributed by atoms with van der Waals surface area (Å²) in [6.45, 7) is 6.47. The second kappa shape index (κ2) is 8.64. The van der Waals surface area contributed by atoms with Crippen LogP contribution in [0.25, 0.3) is 0 Å². The molecule has 1 aliphatic carbocycles. The lowest BCUT2D eigenvalue weighted by molar-refractivity contribution is -0.134. The molecule has 2 fully saturated rings. The van der Waals surface area contributed by atoms with Gasteiger partial charge < -0.3 is 10.2 Å². The van der Waals surface area contributed by atoms with E-state index in [9.17, 15) is 9.59 Å². The third-order valence-corrected chi connectivity index (χ3v) is 6.72. The van der Waals surface area contributed by atoms with Crippen LogP contribution in [0.2, 0.25) is 0 Å². The van der Waals surface area contributed by atoms with E-state index < -0.39 is 0 Å². The number of fused-ring (bicyclic) bond motifs is 1. The number of rotatable bonds is 4. The van der Waals surface area contributed by atoms with Gasteiger partial charge in [0.05, 0.1) is 24.5 Å². The molecule has 2 aliphatic heterocycles. The molecule has 0 atom stereocenters. The number of amides is 2. The van der Waals surface area contributed by atoms with Crippen LogP contribution in [0.1, 0.15) is 63.3 Å². The summed E-state index contributed by atoms with van der Waals surface area (Å²) >= 11 is 0. The number of hydrogen-bond donors (Lipinski definition) is 1. The molecule has 2 amide bonds. The van der Waals surface area contributed by atoms with Crippen molar-refractivity contribution in [3.05, 3.63) is 17.5 Å². The molecule has 1 aromatic heterocycles. The lowest BCUT2D eigenvalue weighted by Gasteiger charge is -2.36. The maximum absolute atomic E-state index is 12.5. The van der Waals surface area contributed by atoms with Crippen LogP contribution in [-0.2, 0) is 29.2 Å². The van der Waals surface area contributed by atoms with Crippen LogP contribution in [0, 0.1) is 5.92 Å². The van der Waals surface area contributed by atoms with Gasteiger partial charge in [-0.2, -0.15) is 5.10 Å². The van der Waals surface area contributed by atoms with Crippen molar-refractivity contribution in [2.75, 3.05) is 19.6 Å². The molecule has 28 heavy (non-hydrogen) atoms. The lowest BCUT2D eigenvalue weighted by atomic mass is 9.94. The molecule has 0 spiro atoms. The van der Waals surface area contributed by atoms with Gasteiger partial charge in [0.1, 0.15) is 0 Å². The number of piperidine rings is 1. The molecule has 154 valence electrons. The van der Waals surface area contributed by atoms with Gasteiger partial charge in [-0.3, -0.25) is 19.2 Å². The van der Waals surface area contributed by atoms with E-state index in [1.54, 1.807) is 6.92 Å². The number of likely N-dealkylation sites (tertiary alicyclic amines) is 1. The van der Waals surface area contributed by atoms with E-state index >= 15 is 0 Å². The fourth-order valence-corrected chi connectivity index (χ4v) is 4.97. The summed E-state index contributed by atoms with van der Waals surface area (Å²) in [5, 5.41) is 7.77. The van der Waals surface area contributed by atoms with Gasteiger partial charge in [0.15, 0.2) is 0 Å². The Bertz CT molecular complexity index is 702. The normalized spacial score (nSPS) is 22.1. The fourth-order valence-electron chi connectivity index (χ4n) is 4.97. The third kappa shape index (κ3) is 4.40. The van der Waals surface area contributed by atoms with Gasteiger partial charge in [-0.1, -0.05) is 19.3 Å². The van der Waals surface area contributed by atoms with Gasteiger partial charge in [0, 0.05) is 45.1 Å². The molecule has 7 heteroatoms. The number of hydrogen-bond acceptors (Lipinski definition) is 4. The van der Waals surface area contributed by atoms with Crippen LogP contribution in [0.4, 0.5) is 0 Å². The van der Waals surface area contributed by atoms with E-state index in [1.807, 2.05) is 4.90 Å². The summed E-state index contributed by atoms with van der Waals surface area (Å²) in [6.07, 6.45) is 8.29. The fraction of sp³-hybridized carbons (Fsp3) is 0.762. The average Bonchev–Trinajstić information content (AvgIpc) is 3.15. The Balaban J connectivity index is 1.27. The third-order valence-electron chi connectivity index (χ3n) is 6.72. The largest absolute Gasteiger partial charge is 0.350 e. The highest BCUT2D eigenvalue weighted by Gasteiger charge is 2.27. The topological polar surface area (TPSA) is 70.5 Å². The van der Waals surface area contributed by atoms with E-state index in [-0.39, 0.29) is 17.7 Å². The zero-order valence-electron chi connectivity index (χ0n) is 17.0. The quantitative estimate of drug-likeness (QED) is 0.857. The summed E-state index contributed by atoms with van der Waals surface area (Å²) in [7, 11) is 0. The van der Waals surface area contributed by atoms with Crippen molar-refractivity contribution in [2.24, 2.45) is 5.92 Å². The van der Waals surface area contributed by atoms with Crippen molar-refractivity contribution in [2.45, 2.75) is 77.5 Å². The van der Waals surface area contributed by atoms with E-state index in [0.29, 0.717) is 19.6 Å². The standard InChI is InChI=1S/C21H33N5O2/c1-16(27)24-9-7-17(8-10-24)21(28)22-14-18-13-20-15-25(11-12-26(20)23-18)19-5-3-2-4-6-19/h13,17,19H,2-12,14-15H2,1H3,(H,22,28). The first-order chi connectivity index (χ1) is 13.6. The number of carbonyl (C=O) groups is 2. The Morgan fingerprint density at radius 2 is 1.82 bits per heavy atom. The number of aromatic nitrogens is 2. The van der Waals surface area contributed by atoms with E-state index in [2.05, 4.69) is 21.0 Å². The maximum Gasteiger partial charge on any atom is 0.223 e. The predicted molar refractivity (Wildman–Crippen MR) is 106 cm³/mol. The molecule has 1 N–H and O–H groups in total. The first-order valence-electron chi connectivity index (χ1n) is 10.9. The summed E-state index contributed by atoms with van der Waals surface area (Å²) in [5.41, 5.74) is 2.23. The zero-order valence-corrected chi connectivity index (χ0v) is 17.0. The molecule has 7 nitrogen and oxygen atoms in total. The van der Waals surface area contributed by atoms with Crippen molar-refractivity contribution < 1.29 is 9.59 Å². The molecule has 0 radical (unpaired) electrons. The molecule has 0 unspecified atom stereocenters. The second-order valence-corrected chi connectivity index (χ2v) is 8.61. The molecule has 0 bridgehead atoms. The monoisotopic (exact) mass is 387 g/mol. The Morgan fingerprint density at radius 1 is 1.07 bits per heavy atom. The van der Waals surface area contributed by atoms with E-state index in [0.717, 1.165) is 44.2 Å². The minimum Gasteiger partial charge on any atom is -0.350 e. The van der Waals surface area contributed by atoms with Gasteiger partial charge in [-0.05, 0) is 31.7 Å². The van der Waals surface area contributed by atoms with Gasteiger partial charge in [0.2, 0.25) is 11.8 Å². The summed E-state index contributed by atoms with van der Waals surface area (Å²) in [6, 6.07) is 2.90. The summed E-state index contributed by atoms with van der Waals surface area (Å²) < 4.78 is 2.12. The molecule has 0 aromatic carbocycles. The minimum absolute atomic E-state index is 0.00892. The van der Waals surface area contributed by atoms with Crippen LogP contribution in [-0.4, -0.2) is 57.1 Å². The predicted octanol–water partition coefficient (Wildman–Crippen LogP) is 1.91. The summed E-state index contributed by atoms with van der Waals surface area (Å²) in [5.74, 6) is 0.206.